The first kappa shape index (κ1) is 19.7. The molecule has 0 aliphatic heterocycles. The Morgan fingerprint density at radius 1 is 1.00 bits per heavy atom. The molecular weight excluding hydrogens is 338 g/mol. The highest BCUT2D eigenvalue weighted by Crippen LogP contribution is 2.18. The molecule has 0 saturated heterocycles. The van der Waals surface area contributed by atoms with E-state index in [1.165, 1.54) is 6.92 Å². The normalized spacial score (nSPS) is 11.6. The third-order valence-corrected chi connectivity index (χ3v) is 3.78. The number of nitrogens with two attached hydrogens (primary N) is 1. The van der Waals surface area contributed by atoms with Crippen molar-refractivity contribution in [1.29, 1.82) is 0 Å². The average Bonchev–Trinajstić information content (AvgIpc) is 2.65. The molecule has 0 unspecified atom stereocenters. The van der Waals surface area contributed by atoms with Gasteiger partial charge in [-0.15, -0.1) is 0 Å². The lowest BCUT2D eigenvalue weighted by Crippen LogP contribution is -2.25. The SMILES string of the molecule is C=C(N)/C(=C\C(=C/C)c1ccccc1)NC(=O)c1ccc(NC(C)=O)cc1. The van der Waals surface area contributed by atoms with Crippen LogP contribution in [0, 0.1) is 0 Å². The second-order valence-electron chi connectivity index (χ2n) is 5.91. The summed E-state index contributed by atoms with van der Waals surface area (Å²) in [6, 6.07) is 16.4. The summed E-state index contributed by atoms with van der Waals surface area (Å²) in [5.41, 5.74) is 9.55. The molecule has 2 rings (SSSR count). The monoisotopic (exact) mass is 361 g/mol. The summed E-state index contributed by atoms with van der Waals surface area (Å²) in [4.78, 5) is 23.6. The zero-order valence-corrected chi connectivity index (χ0v) is 15.5. The lowest BCUT2D eigenvalue weighted by molar-refractivity contribution is -0.114. The Morgan fingerprint density at radius 3 is 2.15 bits per heavy atom. The maximum atomic E-state index is 12.5. The van der Waals surface area contributed by atoms with Crippen molar-refractivity contribution in [3.05, 3.63) is 95.8 Å². The van der Waals surface area contributed by atoms with E-state index in [0.717, 1.165) is 11.1 Å². The Bertz CT molecular complexity index is 895. The maximum Gasteiger partial charge on any atom is 0.255 e. The number of hydrogen-bond acceptors (Lipinski definition) is 3. The van der Waals surface area contributed by atoms with Gasteiger partial charge >= 0.3 is 0 Å². The Labute approximate surface area is 159 Å². The zero-order chi connectivity index (χ0) is 19.8. The van der Waals surface area contributed by atoms with Gasteiger partial charge < -0.3 is 16.4 Å². The quantitative estimate of drug-likeness (QED) is 0.684. The fourth-order valence-corrected chi connectivity index (χ4v) is 2.43. The van der Waals surface area contributed by atoms with Crippen molar-refractivity contribution >= 4 is 23.1 Å². The highest BCUT2D eigenvalue weighted by molar-refractivity contribution is 5.97. The van der Waals surface area contributed by atoms with Gasteiger partial charge in [-0.25, -0.2) is 0 Å². The van der Waals surface area contributed by atoms with Crippen molar-refractivity contribution in [2.75, 3.05) is 5.32 Å². The van der Waals surface area contributed by atoms with E-state index in [1.54, 1.807) is 30.3 Å². The number of amides is 2. The highest BCUT2D eigenvalue weighted by Gasteiger charge is 2.10. The van der Waals surface area contributed by atoms with Crippen molar-refractivity contribution in [3.63, 3.8) is 0 Å². The predicted molar refractivity (Wildman–Crippen MR) is 110 cm³/mol. The van der Waals surface area contributed by atoms with Crippen molar-refractivity contribution < 1.29 is 9.59 Å². The van der Waals surface area contributed by atoms with Crippen LogP contribution in [0.5, 0.6) is 0 Å². The molecule has 0 aromatic heterocycles. The standard InChI is InChI=1S/C22H23N3O2/c1-4-17(18-8-6-5-7-9-18)14-21(15(2)23)25-22(27)19-10-12-20(13-11-19)24-16(3)26/h4-14H,2,23H2,1,3H3,(H,24,26)(H,25,27)/b17-4+,21-14+. The van der Waals surface area contributed by atoms with Gasteiger partial charge in [0.15, 0.2) is 0 Å². The van der Waals surface area contributed by atoms with Crippen molar-refractivity contribution in [1.82, 2.24) is 5.32 Å². The Balaban J connectivity index is 2.21. The molecule has 2 aromatic rings. The molecule has 0 fully saturated rings. The van der Waals surface area contributed by atoms with E-state index < -0.39 is 0 Å². The second-order valence-corrected chi connectivity index (χ2v) is 5.91. The number of carbonyl (C=O) groups excluding carboxylic acids is 2. The lowest BCUT2D eigenvalue weighted by Gasteiger charge is -2.12. The topological polar surface area (TPSA) is 84.2 Å². The van der Waals surface area contributed by atoms with E-state index in [0.29, 0.717) is 16.9 Å². The Hall–Kier alpha value is -3.60. The van der Waals surface area contributed by atoms with Gasteiger partial charge in [-0.2, -0.15) is 0 Å². The molecule has 0 aliphatic rings. The molecule has 0 aliphatic carbocycles. The summed E-state index contributed by atoms with van der Waals surface area (Å²) in [5.74, 6) is -0.484. The minimum atomic E-state index is -0.314. The van der Waals surface area contributed by atoms with Crippen LogP contribution in [0.2, 0.25) is 0 Å². The highest BCUT2D eigenvalue weighted by atomic mass is 16.2. The van der Waals surface area contributed by atoms with Crippen LogP contribution in [0.3, 0.4) is 0 Å². The van der Waals surface area contributed by atoms with Crippen molar-refractivity contribution in [2.45, 2.75) is 13.8 Å². The number of benzene rings is 2. The van der Waals surface area contributed by atoms with E-state index in [1.807, 2.05) is 43.3 Å². The third-order valence-electron chi connectivity index (χ3n) is 3.78. The van der Waals surface area contributed by atoms with Gasteiger partial charge in [0.05, 0.1) is 5.70 Å². The average molecular weight is 361 g/mol. The molecule has 2 aromatic carbocycles. The number of rotatable bonds is 6. The van der Waals surface area contributed by atoms with Crippen LogP contribution >= 0.6 is 0 Å². The van der Waals surface area contributed by atoms with Crippen LogP contribution in [0.25, 0.3) is 5.57 Å². The van der Waals surface area contributed by atoms with Crippen LogP contribution in [-0.4, -0.2) is 11.8 Å². The van der Waals surface area contributed by atoms with E-state index in [-0.39, 0.29) is 17.5 Å². The summed E-state index contributed by atoms with van der Waals surface area (Å²) < 4.78 is 0. The molecule has 4 N–H and O–H groups in total. The molecule has 0 radical (unpaired) electrons. The second kappa shape index (κ2) is 9.20. The lowest BCUT2D eigenvalue weighted by atomic mass is 10.0. The fourth-order valence-electron chi connectivity index (χ4n) is 2.43. The summed E-state index contributed by atoms with van der Waals surface area (Å²) in [7, 11) is 0. The molecular formula is C22H23N3O2. The summed E-state index contributed by atoms with van der Waals surface area (Å²) >= 11 is 0. The van der Waals surface area contributed by atoms with Gasteiger partial charge in [-0.1, -0.05) is 43.0 Å². The first-order valence-corrected chi connectivity index (χ1v) is 8.48. The summed E-state index contributed by atoms with van der Waals surface area (Å²) in [6.45, 7) is 7.09. The summed E-state index contributed by atoms with van der Waals surface area (Å²) in [6.07, 6.45) is 3.73. The van der Waals surface area contributed by atoms with Crippen LogP contribution in [0.15, 0.2) is 84.7 Å². The molecule has 0 heterocycles. The molecule has 5 nitrogen and oxygen atoms in total. The predicted octanol–water partition coefficient (Wildman–Crippen LogP) is 3.83. The Morgan fingerprint density at radius 2 is 1.63 bits per heavy atom. The molecule has 0 spiro atoms. The number of nitrogens with one attached hydrogen (secondary N) is 2. The van der Waals surface area contributed by atoms with Gasteiger partial charge in [0.1, 0.15) is 0 Å². The van der Waals surface area contributed by atoms with E-state index in [4.69, 9.17) is 5.73 Å². The molecule has 2 amide bonds. The third kappa shape index (κ3) is 5.71. The van der Waals surface area contributed by atoms with E-state index in [2.05, 4.69) is 17.2 Å². The molecule has 0 bridgehead atoms. The largest absolute Gasteiger partial charge is 0.398 e. The smallest absolute Gasteiger partial charge is 0.255 e. The first-order valence-electron chi connectivity index (χ1n) is 8.48. The zero-order valence-electron chi connectivity index (χ0n) is 15.5. The first-order chi connectivity index (χ1) is 12.9. The van der Waals surface area contributed by atoms with Crippen LogP contribution in [0.4, 0.5) is 5.69 Å². The number of allylic oxidation sites excluding steroid dienone is 3. The number of carbonyl (C=O) groups is 2. The molecule has 5 heteroatoms. The molecule has 0 atom stereocenters. The van der Waals surface area contributed by atoms with Crippen LogP contribution in [-0.2, 0) is 4.79 Å². The molecule has 0 saturated carbocycles. The van der Waals surface area contributed by atoms with Gasteiger partial charge in [-0.3, -0.25) is 9.59 Å². The minimum absolute atomic E-state index is 0.170. The fraction of sp³-hybridized carbons (Fsp3) is 0.0909. The van der Waals surface area contributed by atoms with Crippen molar-refractivity contribution in [3.8, 4) is 0 Å². The van der Waals surface area contributed by atoms with Gasteiger partial charge in [0.2, 0.25) is 5.91 Å². The van der Waals surface area contributed by atoms with E-state index >= 15 is 0 Å². The van der Waals surface area contributed by atoms with Crippen LogP contribution < -0.4 is 16.4 Å². The van der Waals surface area contributed by atoms with Crippen molar-refractivity contribution in [2.24, 2.45) is 5.73 Å². The maximum absolute atomic E-state index is 12.5. The summed E-state index contributed by atoms with van der Waals surface area (Å²) in [5, 5.41) is 5.46. The van der Waals surface area contributed by atoms with Gasteiger partial charge in [0.25, 0.3) is 5.91 Å². The van der Waals surface area contributed by atoms with Gasteiger partial charge in [-0.05, 0) is 48.4 Å². The molecule has 138 valence electrons. The van der Waals surface area contributed by atoms with Crippen LogP contribution in [0.1, 0.15) is 29.8 Å². The van der Waals surface area contributed by atoms with Gasteiger partial charge in [0, 0.05) is 23.9 Å². The minimum Gasteiger partial charge on any atom is -0.398 e. The molecule has 27 heavy (non-hydrogen) atoms. The Kier molecular flexibility index (Phi) is 6.72. The number of hydrogen-bond donors (Lipinski definition) is 3. The van der Waals surface area contributed by atoms with E-state index in [9.17, 15) is 9.59 Å². The number of anilines is 1.